The van der Waals surface area contributed by atoms with Crippen molar-refractivity contribution in [2.75, 3.05) is 0 Å². The summed E-state index contributed by atoms with van der Waals surface area (Å²) in [5.41, 5.74) is 0.880. The summed E-state index contributed by atoms with van der Waals surface area (Å²) in [6.07, 6.45) is 0. The molecule has 1 aromatic heterocycles. The molecule has 0 atom stereocenters. The van der Waals surface area contributed by atoms with Gasteiger partial charge in [-0.05, 0) is 24.3 Å². The van der Waals surface area contributed by atoms with E-state index in [0.29, 0.717) is 16.1 Å². The van der Waals surface area contributed by atoms with Crippen molar-refractivity contribution in [3.8, 4) is 0 Å². The average Bonchev–Trinajstić information content (AvgIpc) is 2.76. The second kappa shape index (κ2) is 5.47. The van der Waals surface area contributed by atoms with Crippen LogP contribution in [-0.4, -0.2) is 9.49 Å². The van der Waals surface area contributed by atoms with Gasteiger partial charge in [0.1, 0.15) is 0 Å². The number of hydrogen-bond donors (Lipinski definition) is 0. The van der Waals surface area contributed by atoms with Gasteiger partial charge in [-0.25, -0.2) is 4.79 Å². The molecule has 8 heteroatoms. The third kappa shape index (κ3) is 2.47. The van der Waals surface area contributed by atoms with Crippen molar-refractivity contribution < 1.29 is 9.34 Å². The second-order valence-corrected chi connectivity index (χ2v) is 5.40. The number of aromatic nitrogens is 1. The molecule has 112 valence electrons. The average molecular weight is 339 g/mol. The molecule has 22 heavy (non-hydrogen) atoms. The van der Waals surface area contributed by atoms with Crippen molar-refractivity contribution in [3.63, 3.8) is 0 Å². The van der Waals surface area contributed by atoms with Gasteiger partial charge in [0.05, 0.1) is 27.6 Å². The molecule has 0 aliphatic carbocycles. The zero-order chi connectivity index (χ0) is 15.9. The van der Waals surface area contributed by atoms with Crippen molar-refractivity contribution in [1.82, 2.24) is 4.57 Å². The number of nitrogens with zero attached hydrogens (tertiary/aromatic N) is 2. The highest BCUT2D eigenvalue weighted by Crippen LogP contribution is 2.28. The summed E-state index contributed by atoms with van der Waals surface area (Å²) in [6.45, 7) is -0.0812. The lowest BCUT2D eigenvalue weighted by molar-refractivity contribution is -0.385. The van der Waals surface area contributed by atoms with Gasteiger partial charge in [-0.2, -0.15) is 0 Å². The smallest absolute Gasteiger partial charge is 0.408 e. The minimum absolute atomic E-state index is 0.0812. The van der Waals surface area contributed by atoms with E-state index in [-0.39, 0.29) is 22.8 Å². The van der Waals surface area contributed by atoms with Gasteiger partial charge in [0.2, 0.25) is 0 Å². The van der Waals surface area contributed by atoms with Gasteiger partial charge in [-0.15, -0.1) is 0 Å². The van der Waals surface area contributed by atoms with E-state index in [1.54, 1.807) is 18.2 Å². The van der Waals surface area contributed by atoms with Crippen LogP contribution in [0.5, 0.6) is 0 Å². The summed E-state index contributed by atoms with van der Waals surface area (Å²) >= 11 is 12.0. The number of rotatable bonds is 3. The largest absolute Gasteiger partial charge is 0.420 e. The van der Waals surface area contributed by atoms with Crippen LogP contribution in [0.2, 0.25) is 10.0 Å². The fourth-order valence-electron chi connectivity index (χ4n) is 2.22. The predicted octanol–water partition coefficient (Wildman–Crippen LogP) is 3.86. The second-order valence-electron chi connectivity index (χ2n) is 4.56. The Morgan fingerprint density at radius 3 is 2.73 bits per heavy atom. The molecule has 0 aliphatic heterocycles. The van der Waals surface area contributed by atoms with Crippen LogP contribution in [0, 0.1) is 10.1 Å². The van der Waals surface area contributed by atoms with Crippen molar-refractivity contribution >= 4 is 40.0 Å². The van der Waals surface area contributed by atoms with Gasteiger partial charge in [0, 0.05) is 11.1 Å². The molecule has 0 saturated heterocycles. The fourth-order valence-corrected chi connectivity index (χ4v) is 2.61. The van der Waals surface area contributed by atoms with Crippen LogP contribution in [-0.2, 0) is 6.54 Å². The Labute approximate surface area is 133 Å². The zero-order valence-electron chi connectivity index (χ0n) is 11.0. The SMILES string of the molecule is O=c1oc2ccc(Cl)cc2n1Cc1c(Cl)cccc1[N+](=O)[O-]. The summed E-state index contributed by atoms with van der Waals surface area (Å²) in [4.78, 5) is 22.6. The lowest BCUT2D eigenvalue weighted by atomic mass is 10.1. The fraction of sp³-hybridized carbons (Fsp3) is 0.0714. The van der Waals surface area contributed by atoms with Crippen LogP contribution in [0.1, 0.15) is 5.56 Å². The molecular weight excluding hydrogens is 331 g/mol. The van der Waals surface area contributed by atoms with Crippen molar-refractivity contribution in [3.05, 3.63) is 72.7 Å². The molecule has 3 rings (SSSR count). The van der Waals surface area contributed by atoms with E-state index >= 15 is 0 Å². The third-order valence-electron chi connectivity index (χ3n) is 3.24. The Bertz CT molecular complexity index is 946. The summed E-state index contributed by atoms with van der Waals surface area (Å²) in [6, 6.07) is 9.07. The molecule has 0 spiro atoms. The number of benzene rings is 2. The van der Waals surface area contributed by atoms with Gasteiger partial charge in [0.25, 0.3) is 5.69 Å². The van der Waals surface area contributed by atoms with Crippen LogP contribution in [0.4, 0.5) is 5.69 Å². The van der Waals surface area contributed by atoms with E-state index in [9.17, 15) is 14.9 Å². The van der Waals surface area contributed by atoms with Crippen molar-refractivity contribution in [1.29, 1.82) is 0 Å². The Morgan fingerprint density at radius 2 is 2.00 bits per heavy atom. The molecule has 0 unspecified atom stereocenters. The molecule has 0 N–H and O–H groups in total. The molecule has 0 bridgehead atoms. The maximum atomic E-state index is 12.0. The number of nitro benzene ring substituents is 1. The first-order valence-corrected chi connectivity index (χ1v) is 6.93. The molecule has 0 fully saturated rings. The minimum atomic E-state index is -0.633. The van der Waals surface area contributed by atoms with E-state index in [0.717, 1.165) is 0 Å². The van der Waals surface area contributed by atoms with Crippen molar-refractivity contribution in [2.45, 2.75) is 6.54 Å². The first kappa shape index (κ1) is 14.6. The molecule has 3 aromatic rings. The Hall–Kier alpha value is -2.31. The van der Waals surface area contributed by atoms with Gasteiger partial charge in [-0.1, -0.05) is 29.3 Å². The first-order valence-electron chi connectivity index (χ1n) is 6.18. The van der Waals surface area contributed by atoms with Crippen LogP contribution in [0.25, 0.3) is 11.1 Å². The van der Waals surface area contributed by atoms with Crippen LogP contribution >= 0.6 is 23.2 Å². The lowest BCUT2D eigenvalue weighted by Gasteiger charge is -2.06. The van der Waals surface area contributed by atoms with Gasteiger partial charge in [0.15, 0.2) is 5.58 Å². The number of halogens is 2. The number of oxazole rings is 1. The van der Waals surface area contributed by atoms with Crippen LogP contribution < -0.4 is 5.76 Å². The topological polar surface area (TPSA) is 78.3 Å². The molecule has 0 aliphatic rings. The van der Waals surface area contributed by atoms with Gasteiger partial charge >= 0.3 is 5.76 Å². The highest BCUT2D eigenvalue weighted by molar-refractivity contribution is 6.31. The van der Waals surface area contributed by atoms with E-state index in [1.165, 1.54) is 22.8 Å². The number of fused-ring (bicyclic) bond motifs is 1. The standard InChI is InChI=1S/C14H8Cl2N2O4/c15-8-4-5-13-12(6-8)17(14(19)22-13)7-9-10(16)2-1-3-11(9)18(20)21/h1-6H,7H2. The Kier molecular flexibility index (Phi) is 3.64. The highest BCUT2D eigenvalue weighted by atomic mass is 35.5. The number of nitro groups is 1. The molecular formula is C14H8Cl2N2O4. The highest BCUT2D eigenvalue weighted by Gasteiger charge is 2.19. The monoisotopic (exact) mass is 338 g/mol. The Balaban J connectivity index is 2.19. The normalized spacial score (nSPS) is 11.0. The molecule has 0 saturated carbocycles. The maximum absolute atomic E-state index is 12.0. The minimum Gasteiger partial charge on any atom is -0.408 e. The molecule has 6 nitrogen and oxygen atoms in total. The third-order valence-corrected chi connectivity index (χ3v) is 3.83. The van der Waals surface area contributed by atoms with E-state index in [2.05, 4.69) is 0 Å². The Morgan fingerprint density at radius 1 is 1.23 bits per heavy atom. The van der Waals surface area contributed by atoms with Gasteiger partial charge in [-0.3, -0.25) is 14.7 Å². The molecule has 2 aromatic carbocycles. The number of hydrogen-bond acceptors (Lipinski definition) is 4. The zero-order valence-corrected chi connectivity index (χ0v) is 12.5. The van der Waals surface area contributed by atoms with E-state index < -0.39 is 10.7 Å². The first-order chi connectivity index (χ1) is 10.5. The molecule has 0 radical (unpaired) electrons. The van der Waals surface area contributed by atoms with Crippen molar-refractivity contribution in [2.24, 2.45) is 0 Å². The summed E-state index contributed by atoms with van der Waals surface area (Å²) < 4.78 is 6.36. The van der Waals surface area contributed by atoms with E-state index in [4.69, 9.17) is 27.6 Å². The van der Waals surface area contributed by atoms with Crippen LogP contribution in [0.3, 0.4) is 0 Å². The van der Waals surface area contributed by atoms with E-state index in [1.807, 2.05) is 0 Å². The lowest BCUT2D eigenvalue weighted by Crippen LogP contribution is -2.16. The quantitative estimate of drug-likeness (QED) is 0.536. The molecule has 1 heterocycles. The van der Waals surface area contributed by atoms with Crippen LogP contribution in [0.15, 0.2) is 45.6 Å². The predicted molar refractivity (Wildman–Crippen MR) is 82.7 cm³/mol. The summed E-state index contributed by atoms with van der Waals surface area (Å²) in [5.74, 6) is -0.633. The maximum Gasteiger partial charge on any atom is 0.420 e. The summed E-state index contributed by atoms with van der Waals surface area (Å²) in [5, 5.41) is 11.8. The summed E-state index contributed by atoms with van der Waals surface area (Å²) in [7, 11) is 0. The molecule has 0 amide bonds. The van der Waals surface area contributed by atoms with Gasteiger partial charge < -0.3 is 4.42 Å².